The number of halogens is 1. The van der Waals surface area contributed by atoms with Crippen LogP contribution in [-0.2, 0) is 13.0 Å². The second kappa shape index (κ2) is 11.6. The van der Waals surface area contributed by atoms with Crippen LogP contribution in [0.15, 0.2) is 115 Å². The summed E-state index contributed by atoms with van der Waals surface area (Å²) in [5.41, 5.74) is 4.68. The number of hydrogen-bond acceptors (Lipinski definition) is 3. The molecule has 38 heavy (non-hydrogen) atoms. The lowest BCUT2D eigenvalue weighted by atomic mass is 10.1. The second-order valence-corrected chi connectivity index (χ2v) is 8.98. The molecule has 0 bridgehead atoms. The summed E-state index contributed by atoms with van der Waals surface area (Å²) in [6, 6.07) is 35.4. The molecule has 0 N–H and O–H groups in total. The molecule has 5 nitrogen and oxygen atoms in total. The Morgan fingerprint density at radius 3 is 2.11 bits per heavy atom. The highest BCUT2D eigenvalue weighted by atomic mass is 19.1. The Kier molecular flexibility index (Phi) is 7.59. The molecule has 0 aliphatic heterocycles. The van der Waals surface area contributed by atoms with Gasteiger partial charge < -0.3 is 9.64 Å². The summed E-state index contributed by atoms with van der Waals surface area (Å²) in [7, 11) is 1.61. The summed E-state index contributed by atoms with van der Waals surface area (Å²) >= 11 is 0. The normalized spacial score (nSPS) is 10.8. The Labute approximate surface area is 221 Å². The minimum atomic E-state index is -0.324. The van der Waals surface area contributed by atoms with Crippen molar-refractivity contribution in [3.05, 3.63) is 138 Å². The number of aromatic nitrogens is 2. The van der Waals surface area contributed by atoms with Crippen molar-refractivity contribution in [1.82, 2.24) is 14.7 Å². The van der Waals surface area contributed by atoms with E-state index in [1.54, 1.807) is 30.0 Å². The highest BCUT2D eigenvalue weighted by Gasteiger charge is 2.23. The molecule has 0 spiro atoms. The molecule has 0 aliphatic carbocycles. The van der Waals surface area contributed by atoms with E-state index in [2.05, 4.69) is 12.1 Å². The lowest BCUT2D eigenvalue weighted by Gasteiger charge is -2.23. The molecule has 0 saturated heterocycles. The van der Waals surface area contributed by atoms with Gasteiger partial charge in [-0.15, -0.1) is 0 Å². The van der Waals surface area contributed by atoms with E-state index in [4.69, 9.17) is 9.84 Å². The van der Waals surface area contributed by atoms with Crippen LogP contribution in [0.3, 0.4) is 0 Å². The van der Waals surface area contributed by atoms with Gasteiger partial charge in [0.25, 0.3) is 5.91 Å². The molecule has 0 aliphatic rings. The molecule has 0 fully saturated rings. The van der Waals surface area contributed by atoms with Gasteiger partial charge in [-0.1, -0.05) is 60.7 Å². The number of ether oxygens (including phenoxy) is 1. The van der Waals surface area contributed by atoms with Crippen LogP contribution in [0.1, 0.15) is 21.6 Å². The van der Waals surface area contributed by atoms with E-state index in [1.165, 1.54) is 12.1 Å². The van der Waals surface area contributed by atoms with Crippen LogP contribution in [0.4, 0.5) is 4.39 Å². The van der Waals surface area contributed by atoms with Gasteiger partial charge in [0.1, 0.15) is 17.3 Å². The number of amides is 1. The summed E-state index contributed by atoms with van der Waals surface area (Å²) in [5.74, 6) is 0.247. The maximum Gasteiger partial charge on any atom is 0.272 e. The van der Waals surface area contributed by atoms with Crippen LogP contribution < -0.4 is 4.74 Å². The van der Waals surface area contributed by atoms with E-state index in [1.807, 2.05) is 77.7 Å². The van der Waals surface area contributed by atoms with E-state index >= 15 is 0 Å². The van der Waals surface area contributed by atoms with Gasteiger partial charge in [-0.25, -0.2) is 9.07 Å². The van der Waals surface area contributed by atoms with Gasteiger partial charge >= 0.3 is 0 Å². The highest BCUT2D eigenvalue weighted by Crippen LogP contribution is 2.25. The molecule has 0 unspecified atom stereocenters. The third-order valence-corrected chi connectivity index (χ3v) is 6.40. The second-order valence-electron chi connectivity index (χ2n) is 8.98. The molecule has 0 saturated carbocycles. The zero-order chi connectivity index (χ0) is 26.3. The number of carbonyl (C=O) groups is 1. The molecular weight excluding hydrogens is 477 g/mol. The Morgan fingerprint density at radius 2 is 1.47 bits per heavy atom. The van der Waals surface area contributed by atoms with Crippen molar-refractivity contribution in [2.45, 2.75) is 13.0 Å². The minimum Gasteiger partial charge on any atom is -0.497 e. The number of rotatable bonds is 9. The van der Waals surface area contributed by atoms with Crippen LogP contribution in [0.25, 0.3) is 16.9 Å². The Morgan fingerprint density at radius 1 is 0.842 bits per heavy atom. The lowest BCUT2D eigenvalue weighted by molar-refractivity contribution is 0.0736. The van der Waals surface area contributed by atoms with Gasteiger partial charge in [0.05, 0.1) is 18.5 Å². The average Bonchev–Trinajstić information content (AvgIpc) is 3.42. The quantitative estimate of drug-likeness (QED) is 0.228. The monoisotopic (exact) mass is 505 g/mol. The third-order valence-electron chi connectivity index (χ3n) is 6.40. The van der Waals surface area contributed by atoms with Gasteiger partial charge in [0.15, 0.2) is 0 Å². The molecule has 1 amide bonds. The van der Waals surface area contributed by atoms with Crippen LogP contribution in [-0.4, -0.2) is 34.2 Å². The van der Waals surface area contributed by atoms with Crippen molar-refractivity contribution in [2.24, 2.45) is 0 Å². The lowest BCUT2D eigenvalue weighted by Crippen LogP contribution is -2.34. The van der Waals surface area contributed by atoms with E-state index in [0.717, 1.165) is 28.8 Å². The van der Waals surface area contributed by atoms with Crippen LogP contribution in [0, 0.1) is 5.82 Å². The van der Waals surface area contributed by atoms with E-state index in [0.29, 0.717) is 30.2 Å². The zero-order valence-corrected chi connectivity index (χ0v) is 21.1. The standard InChI is InChI=1S/C32H28FN3O2/c1-38-29-18-16-28(17-19-29)36-31(22-30(34-36)26-12-14-27(33)15-13-26)32(37)35(23-25-10-6-3-7-11-25)21-20-24-8-4-2-5-9-24/h2-19,22H,20-21,23H2,1H3. The Balaban J connectivity index is 1.54. The van der Waals surface area contributed by atoms with Gasteiger partial charge in [-0.05, 0) is 72.1 Å². The summed E-state index contributed by atoms with van der Waals surface area (Å²) < 4.78 is 20.6. The van der Waals surface area contributed by atoms with Crippen LogP contribution in [0.5, 0.6) is 5.75 Å². The topological polar surface area (TPSA) is 47.4 Å². The molecule has 1 aromatic heterocycles. The smallest absolute Gasteiger partial charge is 0.272 e. The number of methoxy groups -OCH3 is 1. The minimum absolute atomic E-state index is 0.138. The SMILES string of the molecule is COc1ccc(-n2nc(-c3ccc(F)cc3)cc2C(=O)N(CCc2ccccc2)Cc2ccccc2)cc1. The zero-order valence-electron chi connectivity index (χ0n) is 21.1. The Hall–Kier alpha value is -4.71. The summed E-state index contributed by atoms with van der Waals surface area (Å²) in [6.07, 6.45) is 0.723. The van der Waals surface area contributed by atoms with E-state index in [9.17, 15) is 9.18 Å². The average molecular weight is 506 g/mol. The maximum absolute atomic E-state index is 14.2. The van der Waals surface area contributed by atoms with Crippen molar-refractivity contribution in [1.29, 1.82) is 0 Å². The van der Waals surface area contributed by atoms with Crippen molar-refractivity contribution in [3.8, 4) is 22.7 Å². The molecule has 4 aromatic carbocycles. The highest BCUT2D eigenvalue weighted by molar-refractivity contribution is 5.94. The van der Waals surface area contributed by atoms with Crippen molar-refractivity contribution >= 4 is 5.91 Å². The fourth-order valence-electron chi connectivity index (χ4n) is 4.34. The first kappa shape index (κ1) is 25.0. The summed E-state index contributed by atoms with van der Waals surface area (Å²) in [5, 5.41) is 4.77. The molecule has 0 radical (unpaired) electrons. The molecule has 6 heteroatoms. The van der Waals surface area contributed by atoms with Crippen LogP contribution in [0.2, 0.25) is 0 Å². The maximum atomic E-state index is 14.2. The Bertz CT molecular complexity index is 1480. The molecule has 190 valence electrons. The first-order valence-electron chi connectivity index (χ1n) is 12.5. The van der Waals surface area contributed by atoms with Crippen molar-refractivity contribution in [3.63, 3.8) is 0 Å². The van der Waals surface area contributed by atoms with E-state index in [-0.39, 0.29) is 11.7 Å². The molecule has 5 rings (SSSR count). The number of carbonyl (C=O) groups excluding carboxylic acids is 1. The fraction of sp³-hybridized carbons (Fsp3) is 0.125. The van der Waals surface area contributed by atoms with Gasteiger partial charge in [0, 0.05) is 18.7 Å². The van der Waals surface area contributed by atoms with Gasteiger partial charge in [-0.2, -0.15) is 5.10 Å². The van der Waals surface area contributed by atoms with Crippen molar-refractivity contribution in [2.75, 3.05) is 13.7 Å². The molecule has 0 atom stereocenters. The molecule has 5 aromatic rings. The number of nitrogens with zero attached hydrogens (tertiary/aromatic N) is 3. The largest absolute Gasteiger partial charge is 0.497 e. The number of benzene rings is 4. The molecular formula is C32H28FN3O2. The summed E-state index contributed by atoms with van der Waals surface area (Å²) in [6.45, 7) is 1.00. The van der Waals surface area contributed by atoms with E-state index < -0.39 is 0 Å². The first-order chi connectivity index (χ1) is 18.6. The third kappa shape index (κ3) is 5.81. The van der Waals surface area contributed by atoms with Crippen molar-refractivity contribution < 1.29 is 13.9 Å². The number of hydrogen-bond donors (Lipinski definition) is 0. The predicted molar refractivity (Wildman–Crippen MR) is 147 cm³/mol. The first-order valence-corrected chi connectivity index (χ1v) is 12.5. The van der Waals surface area contributed by atoms with Gasteiger partial charge in [-0.3, -0.25) is 4.79 Å². The van der Waals surface area contributed by atoms with Crippen LogP contribution >= 0.6 is 0 Å². The molecule has 1 heterocycles. The van der Waals surface area contributed by atoms with Gasteiger partial charge in [0.2, 0.25) is 0 Å². The predicted octanol–water partition coefficient (Wildman–Crippen LogP) is 6.57. The summed E-state index contributed by atoms with van der Waals surface area (Å²) in [4.78, 5) is 16.0. The fourth-order valence-corrected chi connectivity index (χ4v) is 4.34.